The lowest BCUT2D eigenvalue weighted by Gasteiger charge is -2.07. The number of esters is 1. The lowest BCUT2D eigenvalue weighted by molar-refractivity contribution is -0.140. The molecule has 0 fully saturated rings. The standard InChI is InChI=1S/C16H29ClO5/c1-15(2)16(18)22-14-13-21-12-11-20-10-9-19-8-6-4-3-5-7-17/h1,3-14H2,2H3. The van der Waals surface area contributed by atoms with Crippen LogP contribution in [0.15, 0.2) is 12.2 Å². The van der Waals surface area contributed by atoms with Crippen molar-refractivity contribution in [3.63, 3.8) is 0 Å². The minimum atomic E-state index is -0.389. The summed E-state index contributed by atoms with van der Waals surface area (Å²) < 4.78 is 20.9. The number of alkyl halides is 1. The van der Waals surface area contributed by atoms with Crippen molar-refractivity contribution in [2.24, 2.45) is 0 Å². The monoisotopic (exact) mass is 336 g/mol. The quantitative estimate of drug-likeness (QED) is 0.188. The van der Waals surface area contributed by atoms with Crippen LogP contribution in [-0.4, -0.2) is 58.1 Å². The molecule has 0 saturated heterocycles. The van der Waals surface area contributed by atoms with E-state index in [9.17, 15) is 4.79 Å². The summed E-state index contributed by atoms with van der Waals surface area (Å²) in [6.07, 6.45) is 4.49. The molecule has 0 atom stereocenters. The van der Waals surface area contributed by atoms with Crippen LogP contribution in [0, 0.1) is 0 Å². The van der Waals surface area contributed by atoms with E-state index in [0.717, 1.165) is 31.7 Å². The van der Waals surface area contributed by atoms with E-state index in [1.54, 1.807) is 6.92 Å². The van der Waals surface area contributed by atoms with Crippen LogP contribution in [0.4, 0.5) is 0 Å². The van der Waals surface area contributed by atoms with Gasteiger partial charge in [0.15, 0.2) is 0 Å². The second kappa shape index (κ2) is 16.7. The molecular formula is C16H29ClO5. The first-order valence-corrected chi connectivity index (χ1v) is 8.33. The first-order valence-electron chi connectivity index (χ1n) is 7.80. The molecular weight excluding hydrogens is 308 g/mol. The third-order valence-corrected chi connectivity index (χ3v) is 2.99. The number of unbranched alkanes of at least 4 members (excludes halogenated alkanes) is 3. The van der Waals surface area contributed by atoms with Crippen LogP contribution >= 0.6 is 11.6 Å². The van der Waals surface area contributed by atoms with Gasteiger partial charge in [0, 0.05) is 18.1 Å². The number of hydrogen-bond donors (Lipinski definition) is 0. The summed E-state index contributed by atoms with van der Waals surface area (Å²) in [5.41, 5.74) is 0.391. The molecule has 0 aliphatic heterocycles. The minimum absolute atomic E-state index is 0.235. The van der Waals surface area contributed by atoms with E-state index < -0.39 is 0 Å². The van der Waals surface area contributed by atoms with Gasteiger partial charge in [0.1, 0.15) is 6.61 Å². The Kier molecular flexibility index (Phi) is 16.3. The van der Waals surface area contributed by atoms with Crippen molar-refractivity contribution in [2.45, 2.75) is 32.6 Å². The molecule has 130 valence electrons. The molecule has 0 aromatic rings. The Morgan fingerprint density at radius 3 is 1.86 bits per heavy atom. The van der Waals surface area contributed by atoms with E-state index in [2.05, 4.69) is 6.58 Å². The predicted octanol–water partition coefficient (Wildman–Crippen LogP) is 2.95. The molecule has 0 N–H and O–H groups in total. The van der Waals surface area contributed by atoms with Crippen molar-refractivity contribution in [3.05, 3.63) is 12.2 Å². The Morgan fingerprint density at radius 2 is 1.32 bits per heavy atom. The van der Waals surface area contributed by atoms with Gasteiger partial charge in [0.25, 0.3) is 0 Å². The zero-order valence-electron chi connectivity index (χ0n) is 13.6. The third kappa shape index (κ3) is 15.8. The molecule has 0 aliphatic carbocycles. The summed E-state index contributed by atoms with van der Waals surface area (Å²) in [5.74, 6) is 0.354. The normalized spacial score (nSPS) is 10.6. The van der Waals surface area contributed by atoms with Crippen LogP contribution in [0.5, 0.6) is 0 Å². The molecule has 5 nitrogen and oxygen atoms in total. The number of carbonyl (C=O) groups is 1. The Hall–Kier alpha value is -0.620. The van der Waals surface area contributed by atoms with Crippen LogP contribution in [0.25, 0.3) is 0 Å². The number of halogens is 1. The predicted molar refractivity (Wildman–Crippen MR) is 87.4 cm³/mol. The summed E-state index contributed by atoms with van der Waals surface area (Å²) in [4.78, 5) is 11.1. The van der Waals surface area contributed by atoms with Gasteiger partial charge < -0.3 is 18.9 Å². The zero-order chi connectivity index (χ0) is 16.5. The maximum Gasteiger partial charge on any atom is 0.333 e. The molecule has 0 radical (unpaired) electrons. The molecule has 22 heavy (non-hydrogen) atoms. The van der Waals surface area contributed by atoms with Gasteiger partial charge in [-0.1, -0.05) is 19.4 Å². The lowest BCUT2D eigenvalue weighted by atomic mass is 10.2. The van der Waals surface area contributed by atoms with Gasteiger partial charge in [-0.15, -0.1) is 11.6 Å². The van der Waals surface area contributed by atoms with E-state index in [4.69, 9.17) is 30.5 Å². The van der Waals surface area contributed by atoms with Gasteiger partial charge in [-0.3, -0.25) is 0 Å². The van der Waals surface area contributed by atoms with Gasteiger partial charge in [0.05, 0.1) is 33.0 Å². The average molecular weight is 337 g/mol. The van der Waals surface area contributed by atoms with Gasteiger partial charge in [-0.05, 0) is 19.8 Å². The Balaban J connectivity index is 3.05. The average Bonchev–Trinajstić information content (AvgIpc) is 2.50. The SMILES string of the molecule is C=C(C)C(=O)OCCOCCOCCOCCCCCCCl. The van der Waals surface area contributed by atoms with Crippen molar-refractivity contribution in [1.82, 2.24) is 0 Å². The second-order valence-corrected chi connectivity index (χ2v) is 5.23. The topological polar surface area (TPSA) is 54.0 Å². The van der Waals surface area contributed by atoms with E-state index >= 15 is 0 Å². The number of carbonyl (C=O) groups excluding carboxylic acids is 1. The van der Waals surface area contributed by atoms with Gasteiger partial charge >= 0.3 is 5.97 Å². The highest BCUT2D eigenvalue weighted by Crippen LogP contribution is 2.01. The summed E-state index contributed by atoms with van der Waals surface area (Å²) in [6.45, 7) is 8.62. The van der Waals surface area contributed by atoms with Crippen molar-refractivity contribution in [2.75, 3.05) is 52.1 Å². The molecule has 0 unspecified atom stereocenters. The molecule has 0 amide bonds. The maximum atomic E-state index is 11.1. The summed E-state index contributed by atoms with van der Waals surface area (Å²) in [6, 6.07) is 0. The fourth-order valence-electron chi connectivity index (χ4n) is 1.51. The highest BCUT2D eigenvalue weighted by molar-refractivity contribution is 6.17. The molecule has 0 aromatic heterocycles. The molecule has 0 aliphatic rings. The molecule has 0 spiro atoms. The maximum absolute atomic E-state index is 11.1. The third-order valence-electron chi connectivity index (χ3n) is 2.73. The number of hydrogen-bond acceptors (Lipinski definition) is 5. The van der Waals surface area contributed by atoms with Crippen LogP contribution in [0.1, 0.15) is 32.6 Å². The minimum Gasteiger partial charge on any atom is -0.460 e. The lowest BCUT2D eigenvalue weighted by Crippen LogP contribution is -2.14. The van der Waals surface area contributed by atoms with Gasteiger partial charge in [-0.2, -0.15) is 0 Å². The van der Waals surface area contributed by atoms with Crippen LogP contribution < -0.4 is 0 Å². The second-order valence-electron chi connectivity index (χ2n) is 4.86. The van der Waals surface area contributed by atoms with Gasteiger partial charge in [0.2, 0.25) is 0 Å². The Labute approximate surface area is 138 Å². The van der Waals surface area contributed by atoms with E-state index in [-0.39, 0.29) is 12.6 Å². The van der Waals surface area contributed by atoms with E-state index in [0.29, 0.717) is 38.6 Å². The van der Waals surface area contributed by atoms with Crippen molar-refractivity contribution in [3.8, 4) is 0 Å². The van der Waals surface area contributed by atoms with Crippen LogP contribution in [-0.2, 0) is 23.7 Å². The smallest absolute Gasteiger partial charge is 0.333 e. The van der Waals surface area contributed by atoms with E-state index in [1.807, 2.05) is 0 Å². The summed E-state index contributed by atoms with van der Waals surface area (Å²) in [5, 5.41) is 0. The highest BCUT2D eigenvalue weighted by atomic mass is 35.5. The molecule has 0 aromatic carbocycles. The molecule has 6 heteroatoms. The van der Waals surface area contributed by atoms with Crippen molar-refractivity contribution < 1.29 is 23.7 Å². The fraction of sp³-hybridized carbons (Fsp3) is 0.812. The number of ether oxygens (including phenoxy) is 4. The molecule has 0 saturated carbocycles. The van der Waals surface area contributed by atoms with Crippen LogP contribution in [0.2, 0.25) is 0 Å². The first kappa shape index (κ1) is 21.4. The number of rotatable bonds is 16. The molecule has 0 bridgehead atoms. The van der Waals surface area contributed by atoms with Crippen molar-refractivity contribution >= 4 is 17.6 Å². The van der Waals surface area contributed by atoms with E-state index in [1.165, 1.54) is 6.42 Å². The first-order chi connectivity index (χ1) is 10.7. The Bertz CT molecular complexity index is 284. The van der Waals surface area contributed by atoms with Crippen LogP contribution in [0.3, 0.4) is 0 Å². The summed E-state index contributed by atoms with van der Waals surface area (Å²) in [7, 11) is 0. The fourth-order valence-corrected chi connectivity index (χ4v) is 1.70. The zero-order valence-corrected chi connectivity index (χ0v) is 14.4. The highest BCUT2D eigenvalue weighted by Gasteiger charge is 2.01. The molecule has 0 rings (SSSR count). The molecule has 0 heterocycles. The Morgan fingerprint density at radius 1 is 0.818 bits per heavy atom. The largest absolute Gasteiger partial charge is 0.460 e. The van der Waals surface area contributed by atoms with Crippen molar-refractivity contribution in [1.29, 1.82) is 0 Å². The summed E-state index contributed by atoms with van der Waals surface area (Å²) >= 11 is 5.60. The van der Waals surface area contributed by atoms with Gasteiger partial charge in [-0.25, -0.2) is 4.79 Å².